The lowest BCUT2D eigenvalue weighted by Gasteiger charge is -2.28. The molecule has 1 amide bonds. The van der Waals surface area contributed by atoms with Crippen LogP contribution in [0.1, 0.15) is 62.0 Å². The van der Waals surface area contributed by atoms with Gasteiger partial charge in [-0.1, -0.05) is 26.8 Å². The number of rotatable bonds is 5. The van der Waals surface area contributed by atoms with E-state index in [2.05, 4.69) is 27.9 Å². The second kappa shape index (κ2) is 8.79. The molecule has 0 aliphatic carbocycles. The Hall–Kier alpha value is -1.99. The molecular formula is C22H34N4O3. The van der Waals surface area contributed by atoms with Crippen molar-refractivity contribution in [2.24, 2.45) is 11.3 Å². The molecule has 2 aliphatic heterocycles. The Morgan fingerprint density at radius 2 is 2.07 bits per heavy atom. The first-order valence-corrected chi connectivity index (χ1v) is 10.5. The van der Waals surface area contributed by atoms with E-state index in [4.69, 9.17) is 9.72 Å². The van der Waals surface area contributed by atoms with Gasteiger partial charge >= 0.3 is 0 Å². The first-order valence-electron chi connectivity index (χ1n) is 10.5. The SMILES string of the molecule is CNC(=O)[C@@H](CC(=O)c1nc(C2=CCOCC2)n2c1CN(C)CCC2)C(C)(C)C. The van der Waals surface area contributed by atoms with Crippen molar-refractivity contribution in [1.29, 1.82) is 0 Å². The average Bonchev–Trinajstić information content (AvgIpc) is 2.92. The van der Waals surface area contributed by atoms with Crippen LogP contribution in [0.25, 0.3) is 5.57 Å². The number of imidazole rings is 1. The summed E-state index contributed by atoms with van der Waals surface area (Å²) in [5, 5.41) is 2.72. The van der Waals surface area contributed by atoms with Gasteiger partial charge in [-0.15, -0.1) is 0 Å². The molecule has 2 aliphatic rings. The van der Waals surface area contributed by atoms with Gasteiger partial charge in [0.05, 0.1) is 24.8 Å². The molecule has 3 heterocycles. The number of nitrogens with one attached hydrogen (secondary N) is 1. The van der Waals surface area contributed by atoms with Crippen LogP contribution in [-0.2, 0) is 22.6 Å². The summed E-state index contributed by atoms with van der Waals surface area (Å²) in [6, 6.07) is 0. The number of carbonyl (C=O) groups excluding carboxylic acids is 2. The highest BCUT2D eigenvalue weighted by Gasteiger charge is 2.35. The summed E-state index contributed by atoms with van der Waals surface area (Å²) in [6.07, 6.45) is 4.07. The molecule has 0 radical (unpaired) electrons. The van der Waals surface area contributed by atoms with Crippen LogP contribution in [0, 0.1) is 11.3 Å². The number of nitrogens with zero attached hydrogens (tertiary/aromatic N) is 3. The van der Waals surface area contributed by atoms with Crippen molar-refractivity contribution in [1.82, 2.24) is 19.8 Å². The molecule has 7 heteroatoms. The number of ketones is 1. The van der Waals surface area contributed by atoms with Gasteiger partial charge in [0.1, 0.15) is 11.5 Å². The van der Waals surface area contributed by atoms with Crippen LogP contribution in [0.5, 0.6) is 0 Å². The van der Waals surface area contributed by atoms with Gasteiger partial charge in [0.25, 0.3) is 0 Å². The van der Waals surface area contributed by atoms with Crippen LogP contribution >= 0.6 is 0 Å². The van der Waals surface area contributed by atoms with E-state index in [0.717, 1.165) is 43.0 Å². The predicted octanol–water partition coefficient (Wildman–Crippen LogP) is 2.50. The highest BCUT2D eigenvalue weighted by molar-refractivity contribution is 5.98. The molecule has 0 saturated carbocycles. The fraction of sp³-hybridized carbons (Fsp3) is 0.682. The minimum absolute atomic E-state index is 0.0496. The van der Waals surface area contributed by atoms with Gasteiger partial charge in [-0.25, -0.2) is 4.98 Å². The van der Waals surface area contributed by atoms with E-state index in [0.29, 0.717) is 25.5 Å². The zero-order chi connectivity index (χ0) is 21.2. The maximum atomic E-state index is 13.4. The third kappa shape index (κ3) is 4.78. The van der Waals surface area contributed by atoms with Crippen LogP contribution < -0.4 is 5.32 Å². The fourth-order valence-electron chi connectivity index (χ4n) is 4.17. The van der Waals surface area contributed by atoms with Gasteiger partial charge in [-0.3, -0.25) is 9.59 Å². The van der Waals surface area contributed by atoms with Gasteiger partial charge in [-0.05, 0) is 37.4 Å². The van der Waals surface area contributed by atoms with Gasteiger partial charge in [-0.2, -0.15) is 0 Å². The van der Waals surface area contributed by atoms with Gasteiger partial charge in [0, 0.05) is 26.6 Å². The van der Waals surface area contributed by atoms with Gasteiger partial charge in [0.15, 0.2) is 5.78 Å². The summed E-state index contributed by atoms with van der Waals surface area (Å²) in [4.78, 5) is 32.9. The van der Waals surface area contributed by atoms with Gasteiger partial charge in [0.2, 0.25) is 5.91 Å². The largest absolute Gasteiger partial charge is 0.377 e. The number of hydrogen-bond donors (Lipinski definition) is 1. The molecule has 0 bridgehead atoms. The molecule has 0 unspecified atom stereocenters. The van der Waals surface area contributed by atoms with E-state index >= 15 is 0 Å². The van der Waals surface area contributed by atoms with E-state index in [1.54, 1.807) is 7.05 Å². The lowest BCUT2D eigenvalue weighted by Crippen LogP contribution is -2.37. The second-order valence-corrected chi connectivity index (χ2v) is 9.19. The maximum absolute atomic E-state index is 13.4. The van der Waals surface area contributed by atoms with E-state index in [1.807, 2.05) is 20.8 Å². The topological polar surface area (TPSA) is 76.5 Å². The molecule has 160 valence electrons. The Labute approximate surface area is 173 Å². The van der Waals surface area contributed by atoms with E-state index < -0.39 is 5.92 Å². The summed E-state index contributed by atoms with van der Waals surface area (Å²) in [7, 11) is 3.70. The number of amides is 1. The Balaban J connectivity index is 1.99. The highest BCUT2D eigenvalue weighted by atomic mass is 16.5. The molecule has 0 aromatic carbocycles. The predicted molar refractivity (Wildman–Crippen MR) is 113 cm³/mol. The molecule has 0 saturated heterocycles. The monoisotopic (exact) mass is 402 g/mol. The van der Waals surface area contributed by atoms with Gasteiger partial charge < -0.3 is 19.5 Å². The Kier molecular flexibility index (Phi) is 6.58. The molecule has 1 aromatic rings. The van der Waals surface area contributed by atoms with Crippen LogP contribution in [-0.4, -0.2) is 60.0 Å². The summed E-state index contributed by atoms with van der Waals surface area (Å²) in [5.41, 5.74) is 2.34. The molecule has 29 heavy (non-hydrogen) atoms. The normalized spacial score (nSPS) is 19.1. The first-order chi connectivity index (χ1) is 13.7. The van der Waals surface area contributed by atoms with Crippen molar-refractivity contribution in [2.45, 2.75) is 53.1 Å². The summed E-state index contributed by atoms with van der Waals surface area (Å²) in [5.74, 6) is 0.355. The van der Waals surface area contributed by atoms with Crippen molar-refractivity contribution in [3.8, 4) is 0 Å². The van der Waals surface area contributed by atoms with E-state index in [9.17, 15) is 9.59 Å². The zero-order valence-corrected chi connectivity index (χ0v) is 18.4. The number of hydrogen-bond acceptors (Lipinski definition) is 5. The average molecular weight is 403 g/mol. The summed E-state index contributed by atoms with van der Waals surface area (Å²) >= 11 is 0. The fourth-order valence-corrected chi connectivity index (χ4v) is 4.17. The van der Waals surface area contributed by atoms with Crippen molar-refractivity contribution < 1.29 is 14.3 Å². The molecule has 1 atom stereocenters. The highest BCUT2D eigenvalue weighted by Crippen LogP contribution is 2.32. The van der Waals surface area contributed by atoms with Crippen molar-refractivity contribution in [3.05, 3.63) is 23.3 Å². The number of Topliss-reactive ketones (excluding diaryl/α,β-unsaturated/α-hetero) is 1. The number of aromatic nitrogens is 2. The van der Waals surface area contributed by atoms with Crippen LogP contribution in [0.4, 0.5) is 0 Å². The first kappa shape index (κ1) is 21.7. The third-order valence-corrected chi connectivity index (χ3v) is 5.93. The molecule has 7 nitrogen and oxygen atoms in total. The Morgan fingerprint density at radius 3 is 2.69 bits per heavy atom. The second-order valence-electron chi connectivity index (χ2n) is 9.19. The summed E-state index contributed by atoms with van der Waals surface area (Å²) in [6.45, 7) is 9.80. The molecule has 1 N–H and O–H groups in total. The van der Waals surface area contributed by atoms with Crippen LogP contribution in [0.2, 0.25) is 0 Å². The molecule has 3 rings (SSSR count). The van der Waals surface area contributed by atoms with E-state index in [1.165, 1.54) is 0 Å². The number of carbonyl (C=O) groups is 2. The lowest BCUT2D eigenvalue weighted by molar-refractivity contribution is -0.127. The lowest BCUT2D eigenvalue weighted by atomic mass is 9.77. The minimum atomic E-state index is -0.397. The molecule has 0 fully saturated rings. The van der Waals surface area contributed by atoms with Crippen molar-refractivity contribution >= 4 is 17.3 Å². The number of fused-ring (bicyclic) bond motifs is 1. The zero-order valence-electron chi connectivity index (χ0n) is 18.4. The third-order valence-electron chi connectivity index (χ3n) is 5.93. The van der Waals surface area contributed by atoms with Crippen LogP contribution in [0.3, 0.4) is 0 Å². The molecule has 0 spiro atoms. The summed E-state index contributed by atoms with van der Waals surface area (Å²) < 4.78 is 7.68. The van der Waals surface area contributed by atoms with E-state index in [-0.39, 0.29) is 23.5 Å². The van der Waals surface area contributed by atoms with Crippen LogP contribution in [0.15, 0.2) is 6.08 Å². The molecular weight excluding hydrogens is 368 g/mol. The maximum Gasteiger partial charge on any atom is 0.223 e. The van der Waals surface area contributed by atoms with Crippen molar-refractivity contribution in [3.63, 3.8) is 0 Å². The smallest absolute Gasteiger partial charge is 0.223 e. The number of ether oxygens (including phenoxy) is 1. The quantitative estimate of drug-likeness (QED) is 0.766. The van der Waals surface area contributed by atoms with Crippen molar-refractivity contribution in [2.75, 3.05) is 33.9 Å². The standard InChI is InChI=1S/C22H34N4O3/c1-22(2,3)16(21(28)23-4)13-18(27)19-17-14-25(5)9-6-10-26(17)20(24-19)15-7-11-29-12-8-15/h7,16H,6,8-14H2,1-5H3,(H,23,28)/t16-/m1/s1. The molecule has 1 aromatic heterocycles. The minimum Gasteiger partial charge on any atom is -0.377 e. The Bertz CT molecular complexity index is 804. The Morgan fingerprint density at radius 1 is 1.31 bits per heavy atom.